The van der Waals surface area contributed by atoms with Gasteiger partial charge in [0, 0.05) is 5.69 Å². The fraction of sp³-hybridized carbons (Fsp3) is 0. The van der Waals surface area contributed by atoms with Gasteiger partial charge in [0.15, 0.2) is 0 Å². The molecule has 18 heavy (non-hydrogen) atoms. The Morgan fingerprint density at radius 1 is 1.17 bits per heavy atom. The van der Waals surface area contributed by atoms with Gasteiger partial charge in [-0.2, -0.15) is 5.26 Å². The van der Waals surface area contributed by atoms with Crippen LogP contribution in [0.4, 0.5) is 5.69 Å². The normalized spacial score (nSPS) is 10.4. The quantitative estimate of drug-likeness (QED) is 0.658. The number of para-hydroxylation sites is 2. The summed E-state index contributed by atoms with van der Waals surface area (Å²) in [4.78, 5) is 4.32. The summed E-state index contributed by atoms with van der Waals surface area (Å²) in [6, 6.07) is 15.3. The molecule has 3 aromatic rings. The van der Waals surface area contributed by atoms with Crippen molar-refractivity contribution in [2.75, 3.05) is 5.73 Å². The molecule has 86 valence electrons. The van der Waals surface area contributed by atoms with Crippen LogP contribution >= 0.6 is 0 Å². The predicted octanol–water partition coefficient (Wildman–Crippen LogP) is 2.48. The number of fused-ring (bicyclic) bond motifs is 1. The summed E-state index contributed by atoms with van der Waals surface area (Å²) < 4.78 is 1.95. The number of rotatable bonds is 1. The van der Waals surface area contributed by atoms with Crippen LogP contribution in [0.3, 0.4) is 0 Å². The first-order valence-corrected chi connectivity index (χ1v) is 5.51. The van der Waals surface area contributed by atoms with E-state index in [4.69, 9.17) is 11.0 Å². The Hall–Kier alpha value is -2.80. The van der Waals surface area contributed by atoms with Crippen molar-refractivity contribution in [1.82, 2.24) is 9.55 Å². The third-order valence-electron chi connectivity index (χ3n) is 2.89. The van der Waals surface area contributed by atoms with E-state index in [-0.39, 0.29) is 0 Å². The summed E-state index contributed by atoms with van der Waals surface area (Å²) in [5.41, 5.74) is 9.64. The van der Waals surface area contributed by atoms with Crippen LogP contribution in [-0.4, -0.2) is 9.55 Å². The Morgan fingerprint density at radius 2 is 2.00 bits per heavy atom. The fourth-order valence-electron chi connectivity index (χ4n) is 1.97. The molecule has 1 aromatic heterocycles. The second-order valence-electron chi connectivity index (χ2n) is 3.99. The molecule has 0 atom stereocenters. The number of anilines is 1. The topological polar surface area (TPSA) is 67.6 Å². The van der Waals surface area contributed by atoms with Gasteiger partial charge in [-0.05, 0) is 30.3 Å². The van der Waals surface area contributed by atoms with Crippen LogP contribution in [0.2, 0.25) is 0 Å². The minimum Gasteiger partial charge on any atom is -0.398 e. The van der Waals surface area contributed by atoms with Gasteiger partial charge in [0.1, 0.15) is 12.4 Å². The number of nitrogens with zero attached hydrogens (tertiary/aromatic N) is 3. The summed E-state index contributed by atoms with van der Waals surface area (Å²) >= 11 is 0. The summed E-state index contributed by atoms with van der Waals surface area (Å²) in [6.45, 7) is 0. The Kier molecular flexibility index (Phi) is 2.24. The number of nitrogen functional groups attached to an aromatic ring is 1. The molecule has 3 rings (SSSR count). The number of benzene rings is 2. The molecule has 0 bridgehead atoms. The molecule has 0 spiro atoms. The lowest BCUT2D eigenvalue weighted by atomic mass is 10.2. The van der Waals surface area contributed by atoms with Crippen LogP contribution < -0.4 is 5.73 Å². The predicted molar refractivity (Wildman–Crippen MR) is 70.2 cm³/mol. The zero-order chi connectivity index (χ0) is 12.5. The van der Waals surface area contributed by atoms with Gasteiger partial charge in [-0.25, -0.2) is 4.98 Å². The lowest BCUT2D eigenvalue weighted by Gasteiger charge is -2.06. The molecular weight excluding hydrogens is 224 g/mol. The molecule has 0 amide bonds. The lowest BCUT2D eigenvalue weighted by Crippen LogP contribution is -1.96. The van der Waals surface area contributed by atoms with E-state index >= 15 is 0 Å². The van der Waals surface area contributed by atoms with Gasteiger partial charge in [0.25, 0.3) is 0 Å². The van der Waals surface area contributed by atoms with Gasteiger partial charge in [-0.1, -0.05) is 12.1 Å². The minimum absolute atomic E-state index is 0.479. The van der Waals surface area contributed by atoms with Crippen molar-refractivity contribution in [3.63, 3.8) is 0 Å². The largest absolute Gasteiger partial charge is 0.398 e. The van der Waals surface area contributed by atoms with Crippen LogP contribution in [0.15, 0.2) is 48.8 Å². The smallest absolute Gasteiger partial charge is 0.101 e. The van der Waals surface area contributed by atoms with Crippen molar-refractivity contribution in [3.05, 3.63) is 54.4 Å². The van der Waals surface area contributed by atoms with E-state index in [1.54, 1.807) is 18.5 Å². The van der Waals surface area contributed by atoms with Gasteiger partial charge in [0.05, 0.1) is 22.3 Å². The summed E-state index contributed by atoms with van der Waals surface area (Å²) in [6.07, 6.45) is 1.76. The number of hydrogen-bond donors (Lipinski definition) is 1. The second kappa shape index (κ2) is 3.90. The summed E-state index contributed by atoms with van der Waals surface area (Å²) in [5, 5.41) is 8.86. The Bertz CT molecular complexity index is 765. The average molecular weight is 234 g/mol. The van der Waals surface area contributed by atoms with Crippen molar-refractivity contribution in [2.24, 2.45) is 0 Å². The maximum atomic E-state index is 8.86. The molecule has 0 aliphatic heterocycles. The molecule has 0 aliphatic rings. The van der Waals surface area contributed by atoms with Crippen molar-refractivity contribution in [2.45, 2.75) is 0 Å². The van der Waals surface area contributed by atoms with E-state index in [0.29, 0.717) is 11.3 Å². The van der Waals surface area contributed by atoms with Gasteiger partial charge in [0.2, 0.25) is 0 Å². The van der Waals surface area contributed by atoms with Crippen LogP contribution in [0.1, 0.15) is 5.56 Å². The fourth-order valence-corrected chi connectivity index (χ4v) is 1.97. The third-order valence-corrected chi connectivity index (χ3v) is 2.89. The molecule has 0 saturated carbocycles. The molecule has 0 aliphatic carbocycles. The van der Waals surface area contributed by atoms with Crippen molar-refractivity contribution < 1.29 is 0 Å². The third kappa shape index (κ3) is 1.50. The van der Waals surface area contributed by atoms with E-state index in [2.05, 4.69) is 11.1 Å². The highest BCUT2D eigenvalue weighted by Crippen LogP contribution is 2.21. The van der Waals surface area contributed by atoms with E-state index in [9.17, 15) is 0 Å². The summed E-state index contributed by atoms with van der Waals surface area (Å²) in [5.74, 6) is 0. The van der Waals surface area contributed by atoms with Crippen molar-refractivity contribution >= 4 is 16.7 Å². The molecule has 0 fully saturated rings. The minimum atomic E-state index is 0.479. The monoisotopic (exact) mass is 234 g/mol. The van der Waals surface area contributed by atoms with Crippen molar-refractivity contribution in [3.8, 4) is 11.8 Å². The van der Waals surface area contributed by atoms with Crippen molar-refractivity contribution in [1.29, 1.82) is 5.26 Å². The Labute approximate surface area is 104 Å². The number of hydrogen-bond acceptors (Lipinski definition) is 3. The first-order valence-electron chi connectivity index (χ1n) is 5.51. The van der Waals surface area contributed by atoms with E-state index in [1.165, 1.54) is 0 Å². The molecule has 1 heterocycles. The highest BCUT2D eigenvalue weighted by molar-refractivity contribution is 5.77. The maximum Gasteiger partial charge on any atom is 0.101 e. The Morgan fingerprint density at radius 3 is 2.78 bits per heavy atom. The molecule has 4 nitrogen and oxygen atoms in total. The van der Waals surface area contributed by atoms with Gasteiger partial charge >= 0.3 is 0 Å². The molecule has 2 aromatic carbocycles. The zero-order valence-electron chi connectivity index (χ0n) is 9.54. The SMILES string of the molecule is N#Cc1ccc(-n2cnc3ccccc32)cc1N. The molecule has 4 heteroatoms. The second-order valence-corrected chi connectivity index (χ2v) is 3.99. The van der Waals surface area contributed by atoms with Crippen LogP contribution in [0.5, 0.6) is 0 Å². The van der Waals surface area contributed by atoms with Crippen LogP contribution in [0, 0.1) is 11.3 Å². The first kappa shape index (κ1) is 10.4. The molecular formula is C14H10N4. The Balaban J connectivity index is 2.21. The first-order chi connectivity index (χ1) is 8.79. The average Bonchev–Trinajstić information content (AvgIpc) is 2.82. The summed E-state index contributed by atoms with van der Waals surface area (Å²) in [7, 11) is 0. The van der Waals surface area contributed by atoms with Crippen LogP contribution in [0.25, 0.3) is 16.7 Å². The molecule has 0 unspecified atom stereocenters. The number of aromatic nitrogens is 2. The molecule has 2 N–H and O–H groups in total. The number of nitriles is 1. The van der Waals surface area contributed by atoms with E-state index < -0.39 is 0 Å². The molecule has 0 saturated heterocycles. The lowest BCUT2D eigenvalue weighted by molar-refractivity contribution is 1.09. The van der Waals surface area contributed by atoms with E-state index in [1.807, 2.05) is 34.9 Å². The van der Waals surface area contributed by atoms with Gasteiger partial charge in [-0.15, -0.1) is 0 Å². The number of imidazole rings is 1. The zero-order valence-corrected chi connectivity index (χ0v) is 9.54. The van der Waals surface area contributed by atoms with E-state index in [0.717, 1.165) is 16.7 Å². The maximum absolute atomic E-state index is 8.86. The number of nitrogens with two attached hydrogens (primary N) is 1. The molecule has 0 radical (unpaired) electrons. The highest BCUT2D eigenvalue weighted by Gasteiger charge is 2.05. The van der Waals surface area contributed by atoms with Gasteiger partial charge < -0.3 is 5.73 Å². The highest BCUT2D eigenvalue weighted by atomic mass is 15.0. The standard InChI is InChI=1S/C14H10N4/c15-8-10-5-6-11(7-12(10)16)18-9-17-13-3-1-2-4-14(13)18/h1-7,9H,16H2. The van der Waals surface area contributed by atoms with Crippen LogP contribution in [-0.2, 0) is 0 Å². The van der Waals surface area contributed by atoms with Gasteiger partial charge in [-0.3, -0.25) is 4.57 Å².